The number of carbonyl (C=O) groups excluding carboxylic acids is 2. The molecule has 1 saturated carbocycles. The highest BCUT2D eigenvalue weighted by atomic mass is 16.2. The fraction of sp³-hybridized carbons (Fsp3) is 0.391. The van der Waals surface area contributed by atoms with Crippen LogP contribution in [0.2, 0.25) is 0 Å². The zero-order valence-corrected chi connectivity index (χ0v) is 15.6. The van der Waals surface area contributed by atoms with Gasteiger partial charge in [0.15, 0.2) is 0 Å². The van der Waals surface area contributed by atoms with E-state index in [9.17, 15) is 9.59 Å². The molecular weight excluding hydrogens is 336 g/mol. The predicted molar refractivity (Wildman–Crippen MR) is 107 cm³/mol. The predicted octanol–water partition coefficient (Wildman–Crippen LogP) is 4.09. The van der Waals surface area contributed by atoms with Gasteiger partial charge in [0, 0.05) is 17.8 Å². The summed E-state index contributed by atoms with van der Waals surface area (Å²) in [5, 5.41) is 3.08. The Balaban J connectivity index is 1.43. The maximum absolute atomic E-state index is 12.5. The van der Waals surface area contributed by atoms with E-state index in [2.05, 4.69) is 5.32 Å². The van der Waals surface area contributed by atoms with Crippen LogP contribution in [0.1, 0.15) is 53.6 Å². The van der Waals surface area contributed by atoms with Crippen LogP contribution in [0.4, 0.5) is 5.69 Å². The Kier molecular flexibility index (Phi) is 5.23. The van der Waals surface area contributed by atoms with Gasteiger partial charge in [-0.1, -0.05) is 49.6 Å². The maximum atomic E-state index is 12.5. The van der Waals surface area contributed by atoms with Crippen molar-refractivity contribution in [3.63, 3.8) is 0 Å². The van der Waals surface area contributed by atoms with Crippen LogP contribution >= 0.6 is 0 Å². The van der Waals surface area contributed by atoms with Crippen LogP contribution in [0, 0.1) is 5.92 Å². The summed E-state index contributed by atoms with van der Waals surface area (Å²) in [5.74, 6) is 0.672. The van der Waals surface area contributed by atoms with Gasteiger partial charge < -0.3 is 10.2 Å². The quantitative estimate of drug-likeness (QED) is 0.871. The Hall–Kier alpha value is -2.62. The lowest BCUT2D eigenvalue weighted by atomic mass is 9.89. The maximum Gasteiger partial charge on any atom is 0.251 e. The molecule has 2 amide bonds. The van der Waals surface area contributed by atoms with E-state index in [1.165, 1.54) is 32.1 Å². The van der Waals surface area contributed by atoms with Crippen molar-refractivity contribution in [2.24, 2.45) is 5.92 Å². The summed E-state index contributed by atoms with van der Waals surface area (Å²) in [4.78, 5) is 26.8. The van der Waals surface area contributed by atoms with Crippen molar-refractivity contribution in [2.75, 3.05) is 11.4 Å². The van der Waals surface area contributed by atoms with E-state index in [1.807, 2.05) is 53.4 Å². The molecule has 1 N–H and O–H groups in total. The molecule has 140 valence electrons. The van der Waals surface area contributed by atoms with Gasteiger partial charge in [-0.05, 0) is 48.1 Å². The van der Waals surface area contributed by atoms with Crippen molar-refractivity contribution >= 4 is 17.5 Å². The fourth-order valence-corrected chi connectivity index (χ4v) is 4.19. The standard InChI is InChI=1S/C23H26N2O2/c26-22-14-20-13-19(23(27)24-15-17-7-3-1-4-8-17)11-12-21(20)25(22)16-18-9-5-2-6-10-18/h2,5-6,9-13,17H,1,3-4,7-8,14-16H2,(H,24,27). The minimum Gasteiger partial charge on any atom is -0.352 e. The molecule has 0 spiro atoms. The summed E-state index contributed by atoms with van der Waals surface area (Å²) in [5.41, 5.74) is 3.63. The number of benzene rings is 2. The molecule has 4 rings (SSSR count). The third-order valence-electron chi connectivity index (χ3n) is 5.73. The number of hydrogen-bond acceptors (Lipinski definition) is 2. The van der Waals surface area contributed by atoms with Crippen LogP contribution < -0.4 is 10.2 Å². The van der Waals surface area contributed by atoms with E-state index in [1.54, 1.807) is 0 Å². The van der Waals surface area contributed by atoms with Gasteiger partial charge in [0.1, 0.15) is 0 Å². The minimum atomic E-state index is -0.0302. The highest BCUT2D eigenvalue weighted by molar-refractivity contribution is 6.03. The zero-order chi connectivity index (χ0) is 18.6. The topological polar surface area (TPSA) is 49.4 Å². The van der Waals surface area contributed by atoms with Crippen LogP contribution in [-0.4, -0.2) is 18.4 Å². The Morgan fingerprint density at radius 1 is 1.04 bits per heavy atom. The molecular formula is C23H26N2O2. The Morgan fingerprint density at radius 2 is 1.81 bits per heavy atom. The third-order valence-corrected chi connectivity index (χ3v) is 5.73. The molecule has 0 aromatic heterocycles. The number of anilines is 1. The molecule has 1 aliphatic heterocycles. The largest absolute Gasteiger partial charge is 0.352 e. The minimum absolute atomic E-state index is 0.0302. The second-order valence-corrected chi connectivity index (χ2v) is 7.70. The van der Waals surface area contributed by atoms with Crippen molar-refractivity contribution in [1.29, 1.82) is 0 Å². The molecule has 1 heterocycles. The van der Waals surface area contributed by atoms with Crippen molar-refractivity contribution < 1.29 is 9.59 Å². The van der Waals surface area contributed by atoms with Gasteiger partial charge in [-0.2, -0.15) is 0 Å². The average molecular weight is 362 g/mol. The Labute approximate surface area is 160 Å². The smallest absolute Gasteiger partial charge is 0.251 e. The molecule has 0 saturated heterocycles. The van der Waals surface area contributed by atoms with Gasteiger partial charge in [-0.3, -0.25) is 9.59 Å². The second kappa shape index (κ2) is 7.95. The molecule has 0 bridgehead atoms. The van der Waals surface area contributed by atoms with E-state index >= 15 is 0 Å². The molecule has 0 radical (unpaired) electrons. The normalized spacial score (nSPS) is 17.0. The number of nitrogens with one attached hydrogen (secondary N) is 1. The molecule has 2 aromatic rings. The van der Waals surface area contributed by atoms with Crippen LogP contribution in [0.5, 0.6) is 0 Å². The first-order valence-corrected chi connectivity index (χ1v) is 9.96. The van der Waals surface area contributed by atoms with E-state index in [0.29, 0.717) is 24.4 Å². The van der Waals surface area contributed by atoms with Gasteiger partial charge >= 0.3 is 0 Å². The fourth-order valence-electron chi connectivity index (χ4n) is 4.19. The van der Waals surface area contributed by atoms with Crippen LogP contribution in [0.15, 0.2) is 48.5 Å². The van der Waals surface area contributed by atoms with Crippen molar-refractivity contribution in [3.8, 4) is 0 Å². The van der Waals surface area contributed by atoms with Crippen LogP contribution in [0.3, 0.4) is 0 Å². The SMILES string of the molecule is O=C(NCC1CCCCC1)c1ccc2c(c1)CC(=O)N2Cc1ccccc1. The summed E-state index contributed by atoms with van der Waals surface area (Å²) < 4.78 is 0. The van der Waals surface area contributed by atoms with Gasteiger partial charge in [-0.25, -0.2) is 0 Å². The van der Waals surface area contributed by atoms with Gasteiger partial charge in [-0.15, -0.1) is 0 Å². The van der Waals surface area contributed by atoms with E-state index < -0.39 is 0 Å². The van der Waals surface area contributed by atoms with E-state index in [4.69, 9.17) is 0 Å². The second-order valence-electron chi connectivity index (χ2n) is 7.70. The number of carbonyl (C=O) groups is 2. The number of fused-ring (bicyclic) bond motifs is 1. The molecule has 4 heteroatoms. The molecule has 2 aromatic carbocycles. The number of amides is 2. The third kappa shape index (κ3) is 4.05. The van der Waals surface area contributed by atoms with Crippen LogP contribution in [-0.2, 0) is 17.8 Å². The molecule has 1 fully saturated rings. The summed E-state index contributed by atoms with van der Waals surface area (Å²) in [7, 11) is 0. The first kappa shape index (κ1) is 17.8. The van der Waals surface area contributed by atoms with E-state index in [-0.39, 0.29) is 11.8 Å². The van der Waals surface area contributed by atoms with Crippen LogP contribution in [0.25, 0.3) is 0 Å². The molecule has 0 unspecified atom stereocenters. The molecule has 0 atom stereocenters. The monoisotopic (exact) mass is 362 g/mol. The Bertz CT molecular complexity index is 826. The Morgan fingerprint density at radius 3 is 2.59 bits per heavy atom. The lowest BCUT2D eigenvalue weighted by Gasteiger charge is -2.21. The molecule has 1 aliphatic carbocycles. The summed E-state index contributed by atoms with van der Waals surface area (Å²) in [6.07, 6.45) is 6.67. The first-order valence-electron chi connectivity index (χ1n) is 9.96. The first-order chi connectivity index (χ1) is 13.2. The number of hydrogen-bond donors (Lipinski definition) is 1. The highest BCUT2D eigenvalue weighted by Gasteiger charge is 2.28. The zero-order valence-electron chi connectivity index (χ0n) is 15.6. The van der Waals surface area contributed by atoms with Gasteiger partial charge in [0.2, 0.25) is 5.91 Å². The highest BCUT2D eigenvalue weighted by Crippen LogP contribution is 2.31. The number of rotatable bonds is 5. The average Bonchev–Trinajstić information content (AvgIpc) is 3.02. The lowest BCUT2D eigenvalue weighted by molar-refractivity contribution is -0.117. The van der Waals surface area contributed by atoms with Crippen molar-refractivity contribution in [1.82, 2.24) is 5.32 Å². The summed E-state index contributed by atoms with van der Waals surface area (Å²) in [6.45, 7) is 1.33. The van der Waals surface area contributed by atoms with Crippen molar-refractivity contribution in [2.45, 2.75) is 45.1 Å². The van der Waals surface area contributed by atoms with Gasteiger partial charge in [0.05, 0.1) is 13.0 Å². The molecule has 4 nitrogen and oxygen atoms in total. The van der Waals surface area contributed by atoms with Gasteiger partial charge in [0.25, 0.3) is 5.91 Å². The molecule has 27 heavy (non-hydrogen) atoms. The van der Waals surface area contributed by atoms with Crippen molar-refractivity contribution in [3.05, 3.63) is 65.2 Å². The molecule has 2 aliphatic rings. The lowest BCUT2D eigenvalue weighted by Crippen LogP contribution is -2.30. The van der Waals surface area contributed by atoms with E-state index in [0.717, 1.165) is 23.4 Å². The summed E-state index contributed by atoms with van der Waals surface area (Å²) >= 11 is 0. The number of nitrogens with zero attached hydrogens (tertiary/aromatic N) is 1. The summed E-state index contributed by atoms with van der Waals surface area (Å²) in [6, 6.07) is 15.6.